The standard InChI is InChI=1S/C50H30N2/c1-2-12-34(13-3-1)51-45-20-9-8-17-38(45)44-29-32(23-27-47(44)51)33-22-24-39-42-25-21-31-11-4-5-14-35(31)50(42)52(48(39)30-33)46-28-26-41-37-16-7-6-15-36(37)40-18-10-19-43(46)49(40)41/h1-30H. The largest absolute Gasteiger partial charge is 0.309 e. The van der Waals surface area contributed by atoms with Crippen LogP contribution in [0.15, 0.2) is 182 Å². The van der Waals surface area contributed by atoms with Crippen molar-refractivity contribution in [1.82, 2.24) is 9.13 Å². The Labute approximate surface area is 300 Å². The zero-order valence-electron chi connectivity index (χ0n) is 28.2. The lowest BCUT2D eigenvalue weighted by Crippen LogP contribution is -1.97. The maximum atomic E-state index is 2.54. The van der Waals surface area contributed by atoms with Gasteiger partial charge in [-0.15, -0.1) is 0 Å². The number of aromatic nitrogens is 2. The normalized spacial score (nSPS) is 12.2. The molecule has 2 nitrogen and oxygen atoms in total. The van der Waals surface area contributed by atoms with E-state index in [0.717, 1.165) is 0 Å². The van der Waals surface area contributed by atoms with Crippen molar-refractivity contribution in [1.29, 1.82) is 0 Å². The monoisotopic (exact) mass is 658 g/mol. The van der Waals surface area contributed by atoms with Gasteiger partial charge in [-0.3, -0.25) is 0 Å². The summed E-state index contributed by atoms with van der Waals surface area (Å²) in [6.07, 6.45) is 0. The maximum absolute atomic E-state index is 2.54. The lowest BCUT2D eigenvalue weighted by Gasteiger charge is -2.15. The minimum absolute atomic E-state index is 1.17. The molecule has 0 radical (unpaired) electrons. The molecule has 12 rings (SSSR count). The fraction of sp³-hybridized carbons (Fsp3) is 0. The Kier molecular flexibility index (Phi) is 5.53. The van der Waals surface area contributed by atoms with Gasteiger partial charge in [-0.2, -0.15) is 0 Å². The second kappa shape index (κ2) is 10.3. The Morgan fingerprint density at radius 3 is 1.83 bits per heavy atom. The summed E-state index contributed by atoms with van der Waals surface area (Å²) in [6.45, 7) is 0. The van der Waals surface area contributed by atoms with Crippen LogP contribution in [-0.2, 0) is 0 Å². The molecule has 0 spiro atoms. The molecule has 0 N–H and O–H groups in total. The zero-order chi connectivity index (χ0) is 33.9. The molecular weight excluding hydrogens is 629 g/mol. The first-order chi connectivity index (χ1) is 25.8. The van der Waals surface area contributed by atoms with Gasteiger partial charge in [0.1, 0.15) is 0 Å². The van der Waals surface area contributed by atoms with Crippen molar-refractivity contribution >= 4 is 65.2 Å². The number of benzene rings is 9. The molecule has 0 unspecified atom stereocenters. The molecule has 0 amide bonds. The van der Waals surface area contributed by atoms with Gasteiger partial charge in [0.2, 0.25) is 0 Å². The van der Waals surface area contributed by atoms with Crippen LogP contribution < -0.4 is 0 Å². The van der Waals surface area contributed by atoms with Crippen LogP contribution in [0.4, 0.5) is 0 Å². The number of hydrogen-bond donors (Lipinski definition) is 0. The van der Waals surface area contributed by atoms with Gasteiger partial charge in [0, 0.05) is 38.0 Å². The summed E-state index contributed by atoms with van der Waals surface area (Å²) in [5.41, 5.74) is 15.0. The third-order valence-electron chi connectivity index (χ3n) is 11.4. The topological polar surface area (TPSA) is 9.86 Å². The highest BCUT2D eigenvalue weighted by molar-refractivity contribution is 6.22. The molecule has 1 aliphatic rings. The van der Waals surface area contributed by atoms with Gasteiger partial charge in [-0.1, -0.05) is 140 Å². The summed E-state index contributed by atoms with van der Waals surface area (Å²) in [6, 6.07) is 67.2. The van der Waals surface area contributed by atoms with Crippen molar-refractivity contribution in [2.24, 2.45) is 0 Å². The van der Waals surface area contributed by atoms with Gasteiger partial charge in [0.05, 0.1) is 27.8 Å². The molecule has 240 valence electrons. The quantitative estimate of drug-likeness (QED) is 0.179. The molecule has 9 aromatic carbocycles. The highest BCUT2D eigenvalue weighted by Crippen LogP contribution is 2.49. The van der Waals surface area contributed by atoms with E-state index in [1.54, 1.807) is 0 Å². The highest BCUT2D eigenvalue weighted by atomic mass is 15.0. The fourth-order valence-corrected chi connectivity index (χ4v) is 9.20. The Morgan fingerprint density at radius 2 is 0.942 bits per heavy atom. The van der Waals surface area contributed by atoms with E-state index >= 15 is 0 Å². The molecule has 2 heteroatoms. The number of hydrogen-bond acceptors (Lipinski definition) is 0. The summed E-state index contributed by atoms with van der Waals surface area (Å²) in [7, 11) is 0. The van der Waals surface area contributed by atoms with E-state index in [0.29, 0.717) is 0 Å². The molecule has 52 heavy (non-hydrogen) atoms. The van der Waals surface area contributed by atoms with Crippen LogP contribution in [0, 0.1) is 0 Å². The second-order valence-corrected chi connectivity index (χ2v) is 14.1. The number of fused-ring (bicyclic) bond motifs is 11. The summed E-state index contributed by atoms with van der Waals surface area (Å²) >= 11 is 0. The summed E-state index contributed by atoms with van der Waals surface area (Å²) in [5, 5.41) is 10.2. The minimum atomic E-state index is 1.17. The van der Waals surface area contributed by atoms with E-state index in [1.807, 2.05) is 0 Å². The molecule has 0 saturated carbocycles. The van der Waals surface area contributed by atoms with Crippen molar-refractivity contribution < 1.29 is 0 Å². The van der Waals surface area contributed by atoms with E-state index in [4.69, 9.17) is 0 Å². The van der Waals surface area contributed by atoms with Gasteiger partial charge in [-0.05, 0) is 86.6 Å². The first kappa shape index (κ1) is 27.9. The molecular formula is C50H30N2. The van der Waals surface area contributed by atoms with E-state index in [1.165, 1.54) is 110 Å². The molecule has 1 aliphatic carbocycles. The van der Waals surface area contributed by atoms with Crippen molar-refractivity contribution in [3.63, 3.8) is 0 Å². The SMILES string of the molecule is c1ccc(-n2c3ccccc3c3cc(-c4ccc5c6ccc7ccccc7c6n(-c6ccc7c8c(cccc68)-c6ccccc6-7)c5c4)ccc32)cc1. The highest BCUT2D eigenvalue weighted by Gasteiger charge is 2.24. The van der Waals surface area contributed by atoms with Crippen molar-refractivity contribution in [3.8, 4) is 44.8 Å². The summed E-state index contributed by atoms with van der Waals surface area (Å²) in [4.78, 5) is 0. The van der Waals surface area contributed by atoms with Gasteiger partial charge < -0.3 is 9.13 Å². The summed E-state index contributed by atoms with van der Waals surface area (Å²) < 4.78 is 4.93. The summed E-state index contributed by atoms with van der Waals surface area (Å²) in [5.74, 6) is 0. The molecule has 0 aliphatic heterocycles. The first-order valence-electron chi connectivity index (χ1n) is 18.0. The molecule has 2 heterocycles. The second-order valence-electron chi connectivity index (χ2n) is 14.1. The fourth-order valence-electron chi connectivity index (χ4n) is 9.20. The lowest BCUT2D eigenvalue weighted by atomic mass is 10.0. The van der Waals surface area contributed by atoms with Crippen LogP contribution in [0.1, 0.15) is 0 Å². The van der Waals surface area contributed by atoms with Crippen LogP contribution in [0.2, 0.25) is 0 Å². The number of para-hydroxylation sites is 2. The number of nitrogens with zero attached hydrogens (tertiary/aromatic N) is 2. The third-order valence-corrected chi connectivity index (χ3v) is 11.4. The van der Waals surface area contributed by atoms with E-state index < -0.39 is 0 Å². The molecule has 2 aromatic heterocycles. The predicted octanol–water partition coefficient (Wildman–Crippen LogP) is 13.5. The number of rotatable bonds is 3. The average molecular weight is 659 g/mol. The van der Waals surface area contributed by atoms with Crippen molar-refractivity contribution in [2.45, 2.75) is 0 Å². The Hall–Kier alpha value is -6.90. The smallest absolute Gasteiger partial charge is 0.0619 e. The Morgan fingerprint density at radius 1 is 0.308 bits per heavy atom. The lowest BCUT2D eigenvalue weighted by molar-refractivity contribution is 1.18. The van der Waals surface area contributed by atoms with Crippen molar-refractivity contribution in [2.75, 3.05) is 0 Å². The Bertz CT molecular complexity index is 3260. The zero-order valence-corrected chi connectivity index (χ0v) is 28.2. The third kappa shape index (κ3) is 3.68. The van der Waals surface area contributed by atoms with Crippen LogP contribution in [0.5, 0.6) is 0 Å². The van der Waals surface area contributed by atoms with E-state index in [9.17, 15) is 0 Å². The van der Waals surface area contributed by atoms with E-state index in [-0.39, 0.29) is 0 Å². The predicted molar refractivity (Wildman–Crippen MR) is 220 cm³/mol. The van der Waals surface area contributed by atoms with Crippen LogP contribution in [0.25, 0.3) is 110 Å². The van der Waals surface area contributed by atoms with Gasteiger partial charge in [0.25, 0.3) is 0 Å². The van der Waals surface area contributed by atoms with E-state index in [2.05, 4.69) is 191 Å². The van der Waals surface area contributed by atoms with Gasteiger partial charge in [-0.25, -0.2) is 0 Å². The molecule has 0 fully saturated rings. The van der Waals surface area contributed by atoms with Crippen LogP contribution in [-0.4, -0.2) is 9.13 Å². The molecule has 0 saturated heterocycles. The van der Waals surface area contributed by atoms with Crippen LogP contribution >= 0.6 is 0 Å². The maximum Gasteiger partial charge on any atom is 0.0619 e. The molecule has 0 atom stereocenters. The molecule has 11 aromatic rings. The van der Waals surface area contributed by atoms with Crippen LogP contribution in [0.3, 0.4) is 0 Å². The Balaban J connectivity index is 1.15. The van der Waals surface area contributed by atoms with Gasteiger partial charge in [0.15, 0.2) is 0 Å². The minimum Gasteiger partial charge on any atom is -0.309 e. The molecule has 0 bridgehead atoms. The van der Waals surface area contributed by atoms with Gasteiger partial charge >= 0.3 is 0 Å². The van der Waals surface area contributed by atoms with Crippen molar-refractivity contribution in [3.05, 3.63) is 182 Å². The average Bonchev–Trinajstić information content (AvgIpc) is 3.85. The first-order valence-corrected chi connectivity index (χ1v) is 18.0.